The number of rotatable bonds is 7. The molecule has 0 amide bonds. The monoisotopic (exact) mass is 315 g/mol. The summed E-state index contributed by atoms with van der Waals surface area (Å²) in [5.74, 6) is 0. The maximum atomic E-state index is 12.6. The van der Waals surface area contributed by atoms with Gasteiger partial charge in [0, 0.05) is 25.8 Å². The first kappa shape index (κ1) is 15.7. The molecule has 0 aromatic heterocycles. The summed E-state index contributed by atoms with van der Waals surface area (Å²) in [7, 11) is -2.30. The lowest BCUT2D eigenvalue weighted by Crippen LogP contribution is -2.35. The Balaban J connectivity index is 2.37. The van der Waals surface area contributed by atoms with Crippen LogP contribution in [0.5, 0.6) is 0 Å². The number of methoxy groups -OCH3 is 1. The molecule has 0 atom stereocenters. The Bertz CT molecular complexity index is 642. The van der Waals surface area contributed by atoms with Crippen molar-refractivity contribution in [3.8, 4) is 0 Å². The summed E-state index contributed by atoms with van der Waals surface area (Å²) in [6.07, 6.45) is 1.58. The molecule has 21 heavy (non-hydrogen) atoms. The molecule has 0 radical (unpaired) electrons. The lowest BCUT2D eigenvalue weighted by molar-refractivity contribution is -0.384. The van der Waals surface area contributed by atoms with Gasteiger partial charge in [-0.05, 0) is 25.0 Å². The van der Waals surface area contributed by atoms with Crippen LogP contribution in [0.1, 0.15) is 12.8 Å². The second-order valence-corrected chi connectivity index (χ2v) is 6.71. The molecule has 1 fully saturated rings. The van der Waals surface area contributed by atoms with E-state index in [9.17, 15) is 18.5 Å². The van der Waals surface area contributed by atoms with Crippen molar-refractivity contribution in [2.45, 2.75) is 23.8 Å². The van der Waals surface area contributed by atoms with E-state index in [1.165, 1.54) is 23.5 Å². The van der Waals surface area contributed by atoms with E-state index in [2.05, 4.69) is 0 Å². The number of nitrogens with two attached hydrogens (primary N) is 1. The van der Waals surface area contributed by atoms with Gasteiger partial charge in [-0.15, -0.1) is 0 Å². The maximum Gasteiger partial charge on any atom is 0.293 e. The minimum atomic E-state index is -3.79. The standard InChI is InChI=1S/C12H17N3O5S/c1-20-7-6-14(9-2-3-9)21(18,19)10-4-5-11(13)12(8-10)15(16)17/h4-5,8-9H,2-3,6-7,13H2,1H3. The number of anilines is 1. The Morgan fingerprint density at radius 2 is 2.14 bits per heavy atom. The van der Waals surface area contributed by atoms with Crippen LogP contribution < -0.4 is 5.73 Å². The zero-order valence-corrected chi connectivity index (χ0v) is 12.4. The third-order valence-corrected chi connectivity index (χ3v) is 5.22. The Labute approximate surface area is 122 Å². The fraction of sp³-hybridized carbons (Fsp3) is 0.500. The minimum Gasteiger partial charge on any atom is -0.393 e. The highest BCUT2D eigenvalue weighted by Gasteiger charge is 2.38. The Hall–Kier alpha value is -1.71. The van der Waals surface area contributed by atoms with Crippen LogP contribution in [0.3, 0.4) is 0 Å². The van der Waals surface area contributed by atoms with Crippen molar-refractivity contribution >= 4 is 21.4 Å². The van der Waals surface area contributed by atoms with Crippen molar-refractivity contribution in [3.05, 3.63) is 28.3 Å². The molecule has 1 saturated carbocycles. The minimum absolute atomic E-state index is 0.0539. The fourth-order valence-electron chi connectivity index (χ4n) is 2.02. The van der Waals surface area contributed by atoms with Crippen LogP contribution in [0.25, 0.3) is 0 Å². The van der Waals surface area contributed by atoms with Crippen LogP contribution in [0.15, 0.2) is 23.1 Å². The Morgan fingerprint density at radius 3 is 2.67 bits per heavy atom. The molecule has 1 aromatic rings. The zero-order chi connectivity index (χ0) is 15.6. The SMILES string of the molecule is COCCN(C1CC1)S(=O)(=O)c1ccc(N)c([N+](=O)[O-])c1. The first-order valence-corrected chi connectivity index (χ1v) is 7.86. The van der Waals surface area contributed by atoms with Gasteiger partial charge in [-0.3, -0.25) is 10.1 Å². The third-order valence-electron chi connectivity index (χ3n) is 3.28. The molecular formula is C12H17N3O5S. The van der Waals surface area contributed by atoms with Gasteiger partial charge >= 0.3 is 0 Å². The van der Waals surface area contributed by atoms with Crippen molar-refractivity contribution in [3.63, 3.8) is 0 Å². The van der Waals surface area contributed by atoms with Crippen LogP contribution in [0.2, 0.25) is 0 Å². The topological polar surface area (TPSA) is 116 Å². The number of hydrogen-bond acceptors (Lipinski definition) is 6. The van der Waals surface area contributed by atoms with E-state index in [-0.39, 0.29) is 29.8 Å². The number of nitrogen functional groups attached to an aromatic ring is 1. The predicted octanol–water partition coefficient (Wildman–Crippen LogP) is 0.977. The summed E-state index contributed by atoms with van der Waals surface area (Å²) < 4.78 is 31.5. The van der Waals surface area contributed by atoms with Gasteiger partial charge in [-0.1, -0.05) is 0 Å². The van der Waals surface area contributed by atoms with Gasteiger partial charge in [0.2, 0.25) is 10.0 Å². The normalized spacial score (nSPS) is 15.3. The van der Waals surface area contributed by atoms with Gasteiger partial charge < -0.3 is 10.5 Å². The van der Waals surface area contributed by atoms with Gasteiger partial charge in [-0.2, -0.15) is 4.31 Å². The molecule has 0 spiro atoms. The van der Waals surface area contributed by atoms with E-state index in [1.807, 2.05) is 0 Å². The molecule has 2 N–H and O–H groups in total. The molecule has 0 saturated heterocycles. The molecule has 0 unspecified atom stereocenters. The van der Waals surface area contributed by atoms with Crippen molar-refractivity contribution in [1.29, 1.82) is 0 Å². The number of hydrogen-bond donors (Lipinski definition) is 1. The molecule has 1 aliphatic carbocycles. The lowest BCUT2D eigenvalue weighted by Gasteiger charge is -2.21. The van der Waals surface area contributed by atoms with Crippen molar-refractivity contribution in [1.82, 2.24) is 4.31 Å². The van der Waals surface area contributed by atoms with E-state index in [4.69, 9.17) is 10.5 Å². The maximum absolute atomic E-state index is 12.6. The highest BCUT2D eigenvalue weighted by molar-refractivity contribution is 7.89. The number of nitro groups is 1. The predicted molar refractivity (Wildman–Crippen MR) is 76.3 cm³/mol. The van der Waals surface area contributed by atoms with Gasteiger partial charge in [0.1, 0.15) is 5.69 Å². The molecule has 0 heterocycles. The molecule has 8 nitrogen and oxygen atoms in total. The van der Waals surface area contributed by atoms with Gasteiger partial charge in [0.15, 0.2) is 0 Å². The van der Waals surface area contributed by atoms with E-state index < -0.39 is 20.6 Å². The fourth-order valence-corrected chi connectivity index (χ4v) is 3.71. The summed E-state index contributed by atoms with van der Waals surface area (Å²) in [5.41, 5.74) is 5.03. The van der Waals surface area contributed by atoms with Gasteiger partial charge in [0.25, 0.3) is 5.69 Å². The van der Waals surface area contributed by atoms with Crippen LogP contribution in [0.4, 0.5) is 11.4 Å². The van der Waals surface area contributed by atoms with Crippen LogP contribution in [0, 0.1) is 10.1 Å². The van der Waals surface area contributed by atoms with E-state index in [0.717, 1.165) is 18.9 Å². The number of nitrogens with zero attached hydrogens (tertiary/aromatic N) is 2. The second-order valence-electron chi connectivity index (χ2n) is 4.82. The number of benzene rings is 1. The first-order chi connectivity index (χ1) is 9.87. The smallest absolute Gasteiger partial charge is 0.293 e. The summed E-state index contributed by atoms with van der Waals surface area (Å²) in [4.78, 5) is 10.1. The van der Waals surface area contributed by atoms with E-state index in [0.29, 0.717) is 0 Å². The molecule has 1 aromatic carbocycles. The largest absolute Gasteiger partial charge is 0.393 e. The van der Waals surface area contributed by atoms with Crippen LogP contribution in [-0.2, 0) is 14.8 Å². The average molecular weight is 315 g/mol. The van der Waals surface area contributed by atoms with Crippen molar-refractivity contribution in [2.24, 2.45) is 0 Å². The number of sulfonamides is 1. The van der Waals surface area contributed by atoms with Crippen LogP contribution >= 0.6 is 0 Å². The van der Waals surface area contributed by atoms with Crippen LogP contribution in [-0.4, -0.2) is 43.9 Å². The lowest BCUT2D eigenvalue weighted by atomic mass is 10.3. The second kappa shape index (κ2) is 5.96. The highest BCUT2D eigenvalue weighted by Crippen LogP contribution is 2.33. The van der Waals surface area contributed by atoms with Gasteiger partial charge in [0.05, 0.1) is 16.4 Å². The molecule has 1 aliphatic rings. The average Bonchev–Trinajstić information content (AvgIpc) is 3.23. The number of ether oxygens (including phenoxy) is 1. The Kier molecular flexibility index (Phi) is 4.45. The molecule has 0 bridgehead atoms. The molecule has 0 aliphatic heterocycles. The summed E-state index contributed by atoms with van der Waals surface area (Å²) in [5, 5.41) is 10.9. The molecule has 9 heteroatoms. The highest BCUT2D eigenvalue weighted by atomic mass is 32.2. The first-order valence-electron chi connectivity index (χ1n) is 6.42. The summed E-state index contributed by atoms with van der Waals surface area (Å²) in [6.45, 7) is 0.495. The molecule has 2 rings (SSSR count). The van der Waals surface area contributed by atoms with E-state index >= 15 is 0 Å². The third kappa shape index (κ3) is 3.31. The quantitative estimate of drug-likeness (QED) is 0.455. The summed E-state index contributed by atoms with van der Waals surface area (Å²) >= 11 is 0. The molecule has 116 valence electrons. The number of nitro benzene ring substituents is 1. The zero-order valence-electron chi connectivity index (χ0n) is 11.6. The Morgan fingerprint density at radius 1 is 1.48 bits per heavy atom. The van der Waals surface area contributed by atoms with E-state index in [1.54, 1.807) is 0 Å². The van der Waals surface area contributed by atoms with Crippen molar-refractivity contribution < 1.29 is 18.1 Å². The molecular weight excluding hydrogens is 298 g/mol. The van der Waals surface area contributed by atoms with Gasteiger partial charge in [-0.25, -0.2) is 8.42 Å². The van der Waals surface area contributed by atoms with Crippen molar-refractivity contribution in [2.75, 3.05) is 26.0 Å². The summed E-state index contributed by atoms with van der Waals surface area (Å²) in [6, 6.07) is 3.49.